The average molecular weight is 255 g/mol. The molecule has 2 fully saturated rings. The van der Waals surface area contributed by atoms with Crippen molar-refractivity contribution in [2.45, 2.75) is 44.2 Å². The molecule has 106 valence electrons. The highest BCUT2D eigenvalue weighted by atomic mass is 16.3. The molecule has 0 amide bonds. The monoisotopic (exact) mass is 255 g/mol. The molecule has 0 aromatic rings. The number of nitrogens with two attached hydrogens (primary N) is 1. The van der Waals surface area contributed by atoms with Gasteiger partial charge in [-0.15, -0.1) is 0 Å². The highest BCUT2D eigenvalue weighted by Crippen LogP contribution is 2.38. The van der Waals surface area contributed by atoms with Crippen molar-refractivity contribution in [2.75, 3.05) is 39.8 Å². The Morgan fingerprint density at radius 2 is 2.06 bits per heavy atom. The summed E-state index contributed by atoms with van der Waals surface area (Å²) in [7, 11) is 2.20. The van der Waals surface area contributed by atoms with E-state index in [0.29, 0.717) is 12.0 Å². The molecule has 1 heterocycles. The second kappa shape index (κ2) is 5.87. The molecule has 2 unspecified atom stereocenters. The molecule has 1 aliphatic carbocycles. The van der Waals surface area contributed by atoms with E-state index in [-0.39, 0.29) is 12.1 Å². The summed E-state index contributed by atoms with van der Waals surface area (Å²) < 4.78 is 0. The van der Waals surface area contributed by atoms with Crippen LogP contribution >= 0.6 is 0 Å². The van der Waals surface area contributed by atoms with Crippen molar-refractivity contribution in [1.82, 2.24) is 9.80 Å². The van der Waals surface area contributed by atoms with Gasteiger partial charge in [0.15, 0.2) is 0 Å². The van der Waals surface area contributed by atoms with Crippen LogP contribution in [-0.2, 0) is 0 Å². The maximum atomic E-state index is 9.65. The second-order valence-corrected chi connectivity index (χ2v) is 6.31. The number of likely N-dealkylation sites (N-methyl/N-ethyl adjacent to an activating group) is 1. The summed E-state index contributed by atoms with van der Waals surface area (Å²) in [5, 5.41) is 9.65. The van der Waals surface area contributed by atoms with Gasteiger partial charge in [0, 0.05) is 19.1 Å². The Morgan fingerprint density at radius 1 is 1.33 bits per heavy atom. The lowest BCUT2D eigenvalue weighted by molar-refractivity contribution is 0.0930. The van der Waals surface area contributed by atoms with Crippen molar-refractivity contribution in [2.24, 2.45) is 11.7 Å². The van der Waals surface area contributed by atoms with E-state index in [4.69, 9.17) is 5.73 Å². The number of hydrogen-bond donors (Lipinski definition) is 2. The topological polar surface area (TPSA) is 52.7 Å². The van der Waals surface area contributed by atoms with Gasteiger partial charge in [0.25, 0.3) is 0 Å². The van der Waals surface area contributed by atoms with Gasteiger partial charge in [-0.3, -0.25) is 4.90 Å². The van der Waals surface area contributed by atoms with Crippen LogP contribution in [0.2, 0.25) is 0 Å². The van der Waals surface area contributed by atoms with Crippen molar-refractivity contribution < 1.29 is 5.11 Å². The van der Waals surface area contributed by atoms with Gasteiger partial charge in [0.2, 0.25) is 0 Å². The van der Waals surface area contributed by atoms with Gasteiger partial charge in [-0.1, -0.05) is 6.92 Å². The van der Waals surface area contributed by atoms with Crippen molar-refractivity contribution in [3.63, 3.8) is 0 Å². The van der Waals surface area contributed by atoms with Crippen LogP contribution in [-0.4, -0.2) is 66.3 Å². The first-order valence-corrected chi connectivity index (χ1v) is 7.41. The summed E-state index contributed by atoms with van der Waals surface area (Å²) in [6.07, 6.45) is 4.76. The molecule has 0 aromatic carbocycles. The predicted molar refractivity (Wildman–Crippen MR) is 74.5 cm³/mol. The van der Waals surface area contributed by atoms with Crippen LogP contribution in [0, 0.1) is 5.92 Å². The zero-order valence-corrected chi connectivity index (χ0v) is 11.9. The first-order valence-electron chi connectivity index (χ1n) is 7.41. The van der Waals surface area contributed by atoms with Crippen LogP contribution in [0.25, 0.3) is 0 Å². The third-order valence-corrected chi connectivity index (χ3v) is 4.68. The molecule has 4 heteroatoms. The lowest BCUT2D eigenvalue weighted by Crippen LogP contribution is -2.57. The fourth-order valence-electron chi connectivity index (χ4n) is 3.23. The molecule has 0 aromatic heterocycles. The first-order chi connectivity index (χ1) is 8.59. The first kappa shape index (κ1) is 14.3. The molecule has 1 saturated heterocycles. The summed E-state index contributed by atoms with van der Waals surface area (Å²) in [6, 6.07) is 0.589. The van der Waals surface area contributed by atoms with Gasteiger partial charge >= 0.3 is 0 Å². The third-order valence-electron chi connectivity index (χ3n) is 4.68. The fourth-order valence-corrected chi connectivity index (χ4v) is 3.23. The Hall–Kier alpha value is -0.160. The lowest BCUT2D eigenvalue weighted by Gasteiger charge is -2.38. The summed E-state index contributed by atoms with van der Waals surface area (Å²) in [5.41, 5.74) is 6.07. The van der Waals surface area contributed by atoms with E-state index in [1.807, 2.05) is 0 Å². The number of rotatable bonds is 5. The van der Waals surface area contributed by atoms with Crippen molar-refractivity contribution in [1.29, 1.82) is 0 Å². The van der Waals surface area contributed by atoms with Crippen molar-refractivity contribution in [3.8, 4) is 0 Å². The van der Waals surface area contributed by atoms with Crippen LogP contribution in [0.4, 0.5) is 0 Å². The number of hydrogen-bond acceptors (Lipinski definition) is 4. The molecule has 0 spiro atoms. The molecule has 0 bridgehead atoms. The van der Waals surface area contributed by atoms with Gasteiger partial charge in [-0.2, -0.15) is 0 Å². The Bertz CT molecular complexity index is 270. The van der Waals surface area contributed by atoms with Crippen LogP contribution in [0.3, 0.4) is 0 Å². The number of aliphatic hydroxyl groups excluding tert-OH is 1. The molecule has 1 aliphatic heterocycles. The van der Waals surface area contributed by atoms with E-state index in [0.717, 1.165) is 26.1 Å². The normalized spacial score (nSPS) is 31.0. The maximum Gasteiger partial charge on any atom is 0.0626 e. The summed E-state index contributed by atoms with van der Waals surface area (Å²) in [6.45, 7) is 6.66. The predicted octanol–water partition coefficient (Wildman–Crippen LogP) is 0.502. The Kier molecular flexibility index (Phi) is 4.64. The quantitative estimate of drug-likeness (QED) is 0.751. The number of aliphatic hydroxyl groups is 1. The molecule has 2 rings (SSSR count). The third kappa shape index (κ3) is 3.23. The molecular formula is C14H29N3O. The molecule has 3 N–H and O–H groups in total. The van der Waals surface area contributed by atoms with E-state index in [2.05, 4.69) is 23.8 Å². The van der Waals surface area contributed by atoms with E-state index >= 15 is 0 Å². The summed E-state index contributed by atoms with van der Waals surface area (Å²) in [4.78, 5) is 4.94. The molecule has 1 saturated carbocycles. The lowest BCUT2D eigenvalue weighted by atomic mass is 9.94. The largest absolute Gasteiger partial charge is 0.394 e. The van der Waals surface area contributed by atoms with Crippen molar-refractivity contribution >= 4 is 0 Å². The smallest absolute Gasteiger partial charge is 0.0626 e. The van der Waals surface area contributed by atoms with Crippen molar-refractivity contribution in [3.05, 3.63) is 0 Å². The number of nitrogens with zero attached hydrogens (tertiary/aromatic N) is 2. The van der Waals surface area contributed by atoms with E-state index in [1.165, 1.54) is 25.8 Å². The molecule has 0 radical (unpaired) electrons. The molecular weight excluding hydrogens is 226 g/mol. The standard InChI is InChI=1S/C14H29N3O/c1-3-13-9-16(2)7-4-8-17(13)10-14(15,11-18)12-5-6-12/h12-13,18H,3-11,15H2,1-2H3. The average Bonchev–Trinajstić information content (AvgIpc) is 3.18. The minimum Gasteiger partial charge on any atom is -0.394 e. The Balaban J connectivity index is 2.00. The van der Waals surface area contributed by atoms with Gasteiger partial charge in [0.1, 0.15) is 0 Å². The molecule has 18 heavy (non-hydrogen) atoms. The minimum absolute atomic E-state index is 0.125. The Morgan fingerprint density at radius 3 is 2.61 bits per heavy atom. The van der Waals surface area contributed by atoms with Gasteiger partial charge < -0.3 is 15.7 Å². The SMILES string of the molecule is CCC1CN(C)CCCN1CC(N)(CO)C1CC1. The zero-order chi connectivity index (χ0) is 13.2. The van der Waals surface area contributed by atoms with Gasteiger partial charge in [-0.25, -0.2) is 0 Å². The highest BCUT2D eigenvalue weighted by Gasteiger charge is 2.43. The van der Waals surface area contributed by atoms with Gasteiger partial charge in [-0.05, 0) is 51.7 Å². The zero-order valence-electron chi connectivity index (χ0n) is 11.9. The maximum absolute atomic E-state index is 9.65. The molecule has 4 nitrogen and oxygen atoms in total. The minimum atomic E-state index is -0.365. The van der Waals surface area contributed by atoms with Crippen LogP contribution < -0.4 is 5.73 Å². The van der Waals surface area contributed by atoms with E-state index in [1.54, 1.807) is 0 Å². The fraction of sp³-hybridized carbons (Fsp3) is 1.00. The van der Waals surface area contributed by atoms with E-state index in [9.17, 15) is 5.11 Å². The second-order valence-electron chi connectivity index (χ2n) is 6.31. The summed E-state index contributed by atoms with van der Waals surface area (Å²) >= 11 is 0. The Labute approximate surface area is 111 Å². The van der Waals surface area contributed by atoms with E-state index < -0.39 is 0 Å². The van der Waals surface area contributed by atoms with Crippen LogP contribution in [0.1, 0.15) is 32.6 Å². The van der Waals surface area contributed by atoms with Crippen LogP contribution in [0.5, 0.6) is 0 Å². The highest BCUT2D eigenvalue weighted by molar-refractivity contribution is 5.01. The summed E-state index contributed by atoms with van der Waals surface area (Å²) in [5.74, 6) is 0.543. The van der Waals surface area contributed by atoms with Gasteiger partial charge in [0.05, 0.1) is 12.1 Å². The molecule has 2 atom stereocenters. The van der Waals surface area contributed by atoms with Crippen LogP contribution in [0.15, 0.2) is 0 Å². The molecule has 2 aliphatic rings.